The van der Waals surface area contributed by atoms with Crippen LogP contribution in [-0.4, -0.2) is 27.3 Å². The van der Waals surface area contributed by atoms with Gasteiger partial charge < -0.3 is 15.3 Å². The largest absolute Gasteiger partial charge is 0.508 e. The van der Waals surface area contributed by atoms with Crippen LogP contribution in [-0.2, 0) is 0 Å². The molecule has 0 aromatic heterocycles. The van der Waals surface area contributed by atoms with E-state index in [-0.39, 0.29) is 22.2 Å². The molecule has 0 aliphatic carbocycles. The van der Waals surface area contributed by atoms with Gasteiger partial charge in [0, 0.05) is 5.56 Å². The average Bonchev–Trinajstić information content (AvgIpc) is 2.16. The first-order valence-corrected chi connectivity index (χ1v) is 4.88. The van der Waals surface area contributed by atoms with Gasteiger partial charge in [-0.3, -0.25) is 0 Å². The molecule has 0 heterocycles. The molecule has 3 N–H and O–H groups in total. The number of phenolic OH excluding ortho intramolecular Hbond substituents is 1. The van der Waals surface area contributed by atoms with E-state index in [1.165, 1.54) is 12.1 Å². The van der Waals surface area contributed by atoms with E-state index < -0.39 is 12.2 Å². The molecule has 2 atom stereocenters. The number of hydrogen-bond donors (Lipinski definition) is 3. The van der Waals surface area contributed by atoms with Crippen molar-refractivity contribution in [1.82, 2.24) is 0 Å². The first kappa shape index (κ1) is 11.6. The molecular formula is C9H10Cl2O3. The molecule has 5 heteroatoms. The molecule has 78 valence electrons. The van der Waals surface area contributed by atoms with Crippen LogP contribution in [0.25, 0.3) is 0 Å². The van der Waals surface area contributed by atoms with Crippen molar-refractivity contribution in [2.75, 3.05) is 5.88 Å². The fourth-order valence-corrected chi connectivity index (χ4v) is 1.55. The Morgan fingerprint density at radius 3 is 2.43 bits per heavy atom. The lowest BCUT2D eigenvalue weighted by Crippen LogP contribution is -2.20. The number of alkyl halides is 1. The third-order valence-electron chi connectivity index (χ3n) is 1.85. The zero-order valence-corrected chi connectivity index (χ0v) is 8.70. The lowest BCUT2D eigenvalue weighted by atomic mass is 10.0. The summed E-state index contributed by atoms with van der Waals surface area (Å²) < 4.78 is 0. The highest BCUT2D eigenvalue weighted by atomic mass is 35.5. The second-order valence-electron chi connectivity index (χ2n) is 2.84. The first-order valence-electron chi connectivity index (χ1n) is 3.97. The monoisotopic (exact) mass is 236 g/mol. The summed E-state index contributed by atoms with van der Waals surface area (Å²) in [4.78, 5) is 0. The molecule has 3 nitrogen and oxygen atoms in total. The lowest BCUT2D eigenvalue weighted by molar-refractivity contribution is 0.0313. The average molecular weight is 237 g/mol. The van der Waals surface area contributed by atoms with Gasteiger partial charge in [-0.15, -0.1) is 11.6 Å². The van der Waals surface area contributed by atoms with Gasteiger partial charge in [0.25, 0.3) is 0 Å². The predicted octanol–water partition coefficient (Wildman–Crippen LogP) is 1.68. The third-order valence-corrected chi connectivity index (χ3v) is 2.49. The van der Waals surface area contributed by atoms with Gasteiger partial charge in [0.1, 0.15) is 11.9 Å². The van der Waals surface area contributed by atoms with Crippen molar-refractivity contribution in [1.29, 1.82) is 0 Å². The van der Waals surface area contributed by atoms with Crippen LogP contribution in [0.2, 0.25) is 5.02 Å². The minimum Gasteiger partial charge on any atom is -0.508 e. The van der Waals surface area contributed by atoms with Gasteiger partial charge in [0.2, 0.25) is 0 Å². The number of aliphatic hydroxyl groups is 2. The molecule has 0 saturated heterocycles. The Morgan fingerprint density at radius 2 is 1.93 bits per heavy atom. The normalized spacial score (nSPS) is 15.1. The molecule has 0 aliphatic heterocycles. The van der Waals surface area contributed by atoms with E-state index in [0.29, 0.717) is 0 Å². The molecule has 0 bridgehead atoms. The summed E-state index contributed by atoms with van der Waals surface area (Å²) in [5.74, 6) is -0.291. The Morgan fingerprint density at radius 1 is 1.29 bits per heavy atom. The number of phenols is 1. The van der Waals surface area contributed by atoms with E-state index in [4.69, 9.17) is 23.2 Å². The number of benzene rings is 1. The smallest absolute Gasteiger partial charge is 0.122 e. The van der Waals surface area contributed by atoms with Crippen molar-refractivity contribution in [2.24, 2.45) is 0 Å². The highest BCUT2D eigenvalue weighted by Crippen LogP contribution is 2.33. The van der Waals surface area contributed by atoms with Crippen LogP contribution in [0.5, 0.6) is 5.75 Å². The van der Waals surface area contributed by atoms with Crippen LogP contribution in [0.3, 0.4) is 0 Å². The maximum absolute atomic E-state index is 9.57. The van der Waals surface area contributed by atoms with Gasteiger partial charge in [-0.25, -0.2) is 0 Å². The summed E-state index contributed by atoms with van der Waals surface area (Å²) in [5.41, 5.74) is 0.0994. The van der Waals surface area contributed by atoms with Crippen LogP contribution in [0.1, 0.15) is 11.7 Å². The summed E-state index contributed by atoms with van der Waals surface area (Å²) in [6.07, 6.45) is -2.43. The molecule has 1 aromatic carbocycles. The van der Waals surface area contributed by atoms with Crippen molar-refractivity contribution >= 4 is 23.2 Å². The standard InChI is InChI=1S/C9H10Cl2O3/c10-4-7(13)9(14)8-5(11)2-1-3-6(8)12/h1-3,7,9,12-14H,4H2. The summed E-state index contributed by atoms with van der Waals surface area (Å²) in [6.45, 7) is 0. The topological polar surface area (TPSA) is 60.7 Å². The fourth-order valence-electron chi connectivity index (χ4n) is 1.10. The quantitative estimate of drug-likeness (QED) is 0.701. The number of aliphatic hydroxyl groups excluding tert-OH is 2. The summed E-state index contributed by atoms with van der Waals surface area (Å²) >= 11 is 11.1. The molecule has 0 spiro atoms. The molecular weight excluding hydrogens is 227 g/mol. The van der Waals surface area contributed by atoms with Crippen LogP contribution >= 0.6 is 23.2 Å². The van der Waals surface area contributed by atoms with Crippen molar-refractivity contribution in [2.45, 2.75) is 12.2 Å². The second-order valence-corrected chi connectivity index (χ2v) is 3.55. The lowest BCUT2D eigenvalue weighted by Gasteiger charge is -2.17. The molecule has 2 unspecified atom stereocenters. The van der Waals surface area contributed by atoms with Crippen LogP contribution in [0.15, 0.2) is 18.2 Å². The Hall–Kier alpha value is -0.480. The number of hydrogen-bond acceptors (Lipinski definition) is 3. The van der Waals surface area contributed by atoms with E-state index in [2.05, 4.69) is 0 Å². The van der Waals surface area contributed by atoms with Gasteiger partial charge in [-0.05, 0) is 12.1 Å². The van der Waals surface area contributed by atoms with Crippen LogP contribution in [0.4, 0.5) is 0 Å². The molecule has 0 radical (unpaired) electrons. The molecule has 1 aromatic rings. The zero-order valence-electron chi connectivity index (χ0n) is 7.19. The van der Waals surface area contributed by atoms with E-state index in [1.807, 2.05) is 0 Å². The number of rotatable bonds is 3. The highest BCUT2D eigenvalue weighted by Gasteiger charge is 2.22. The maximum atomic E-state index is 9.57. The molecule has 0 amide bonds. The fraction of sp³-hybridized carbons (Fsp3) is 0.333. The van der Waals surface area contributed by atoms with Crippen molar-refractivity contribution in [3.05, 3.63) is 28.8 Å². The Labute approximate surface area is 91.5 Å². The van der Waals surface area contributed by atoms with Crippen molar-refractivity contribution < 1.29 is 15.3 Å². The summed E-state index contributed by atoms with van der Waals surface area (Å²) in [6, 6.07) is 4.44. The van der Waals surface area contributed by atoms with E-state index in [1.54, 1.807) is 6.07 Å². The third kappa shape index (κ3) is 2.30. The number of halogens is 2. The van der Waals surface area contributed by atoms with Crippen LogP contribution in [0, 0.1) is 0 Å². The van der Waals surface area contributed by atoms with Gasteiger partial charge in [0.05, 0.1) is 17.0 Å². The zero-order chi connectivity index (χ0) is 10.7. The van der Waals surface area contributed by atoms with Crippen LogP contribution < -0.4 is 0 Å². The second kappa shape index (κ2) is 4.84. The van der Waals surface area contributed by atoms with Gasteiger partial charge >= 0.3 is 0 Å². The Bertz CT molecular complexity index is 297. The van der Waals surface area contributed by atoms with Gasteiger partial charge in [-0.1, -0.05) is 17.7 Å². The minimum atomic E-state index is -1.28. The van der Waals surface area contributed by atoms with E-state index in [9.17, 15) is 15.3 Å². The maximum Gasteiger partial charge on any atom is 0.122 e. The molecule has 0 saturated carbocycles. The SMILES string of the molecule is Oc1cccc(Cl)c1C(O)C(O)CCl. The summed E-state index contributed by atoms with van der Waals surface area (Å²) in [5, 5.41) is 28.5. The van der Waals surface area contributed by atoms with E-state index >= 15 is 0 Å². The predicted molar refractivity (Wildman–Crippen MR) is 54.8 cm³/mol. The van der Waals surface area contributed by atoms with Crippen molar-refractivity contribution in [3.63, 3.8) is 0 Å². The Kier molecular flexibility index (Phi) is 4.01. The van der Waals surface area contributed by atoms with Gasteiger partial charge in [0.15, 0.2) is 0 Å². The molecule has 0 fully saturated rings. The first-order chi connectivity index (χ1) is 6.57. The molecule has 0 aliphatic rings. The molecule has 1 rings (SSSR count). The molecule has 14 heavy (non-hydrogen) atoms. The van der Waals surface area contributed by atoms with Crippen molar-refractivity contribution in [3.8, 4) is 5.75 Å². The van der Waals surface area contributed by atoms with Gasteiger partial charge in [-0.2, -0.15) is 0 Å². The highest BCUT2D eigenvalue weighted by molar-refractivity contribution is 6.31. The van der Waals surface area contributed by atoms with E-state index in [0.717, 1.165) is 0 Å². The summed E-state index contributed by atoms with van der Waals surface area (Å²) in [7, 11) is 0. The number of aromatic hydroxyl groups is 1. The minimum absolute atomic E-state index is 0.0994. The Balaban J connectivity index is 3.05.